The summed E-state index contributed by atoms with van der Waals surface area (Å²) in [7, 11) is -2.97. The molecule has 0 aliphatic carbocycles. The third kappa shape index (κ3) is 5.16. The van der Waals surface area contributed by atoms with Gasteiger partial charge in [-0.2, -0.15) is 0 Å². The zero-order chi connectivity index (χ0) is 25.4. The Hall–Kier alpha value is -3.59. The number of sulfone groups is 1. The van der Waals surface area contributed by atoms with Gasteiger partial charge in [0.15, 0.2) is 5.82 Å². The Morgan fingerprint density at radius 1 is 1.03 bits per heavy atom. The summed E-state index contributed by atoms with van der Waals surface area (Å²) in [6, 6.07) is 10.2. The van der Waals surface area contributed by atoms with Gasteiger partial charge in [0.2, 0.25) is 0 Å². The Balaban J connectivity index is 1.44. The van der Waals surface area contributed by atoms with Gasteiger partial charge in [0.1, 0.15) is 21.5 Å². The highest BCUT2D eigenvalue weighted by Crippen LogP contribution is 2.37. The van der Waals surface area contributed by atoms with E-state index in [4.69, 9.17) is 4.98 Å². The summed E-state index contributed by atoms with van der Waals surface area (Å²) in [6.07, 6.45) is 8.49. The van der Waals surface area contributed by atoms with Crippen LogP contribution in [0, 0.1) is 12.8 Å². The van der Waals surface area contributed by atoms with Gasteiger partial charge in [-0.1, -0.05) is 19.9 Å². The fraction of sp³-hybridized carbons (Fsp3) is 0.333. The topological polar surface area (TPSA) is 101 Å². The summed E-state index contributed by atoms with van der Waals surface area (Å²) < 4.78 is 23.3. The van der Waals surface area contributed by atoms with Crippen LogP contribution in [0.1, 0.15) is 30.9 Å². The van der Waals surface area contributed by atoms with Crippen LogP contribution in [0.2, 0.25) is 0 Å². The van der Waals surface area contributed by atoms with Crippen molar-refractivity contribution in [3.8, 4) is 11.4 Å². The SMILES string of the molecule is Cc1cncc(-c2nccc(Nc3cc4c(C(C)C)ccc(N5CC(CS(C)(=O)=O)C5)c4cn3)n2)c1. The van der Waals surface area contributed by atoms with E-state index in [0.717, 1.165) is 40.7 Å². The highest BCUT2D eigenvalue weighted by atomic mass is 32.2. The van der Waals surface area contributed by atoms with Crippen LogP contribution in [0.25, 0.3) is 22.2 Å². The van der Waals surface area contributed by atoms with Gasteiger partial charge in [0.05, 0.1) is 5.75 Å². The number of aryl methyl sites for hydroxylation is 1. The Morgan fingerprint density at radius 2 is 1.83 bits per heavy atom. The lowest BCUT2D eigenvalue weighted by Crippen LogP contribution is -2.49. The number of nitrogens with zero attached hydrogens (tertiary/aromatic N) is 5. The second-order valence-electron chi connectivity index (χ2n) is 9.95. The number of nitrogens with one attached hydrogen (secondary N) is 1. The second-order valence-corrected chi connectivity index (χ2v) is 12.1. The lowest BCUT2D eigenvalue weighted by atomic mass is 9.93. The first kappa shape index (κ1) is 24.1. The van der Waals surface area contributed by atoms with Gasteiger partial charge in [0, 0.05) is 66.7 Å². The van der Waals surface area contributed by atoms with Crippen LogP contribution in [-0.2, 0) is 9.84 Å². The molecule has 3 aromatic heterocycles. The maximum absolute atomic E-state index is 11.7. The molecule has 1 aliphatic rings. The molecule has 1 saturated heterocycles. The molecule has 9 heteroatoms. The van der Waals surface area contributed by atoms with Crippen molar-refractivity contribution in [2.24, 2.45) is 5.92 Å². The Morgan fingerprint density at radius 3 is 2.56 bits per heavy atom. The van der Waals surface area contributed by atoms with Crippen LogP contribution in [0.4, 0.5) is 17.3 Å². The number of anilines is 3. The van der Waals surface area contributed by atoms with E-state index in [2.05, 4.69) is 57.2 Å². The van der Waals surface area contributed by atoms with Crippen molar-refractivity contribution in [1.29, 1.82) is 0 Å². The van der Waals surface area contributed by atoms with E-state index in [1.807, 2.05) is 25.3 Å². The van der Waals surface area contributed by atoms with E-state index in [9.17, 15) is 8.42 Å². The molecule has 36 heavy (non-hydrogen) atoms. The molecule has 4 heterocycles. The lowest BCUT2D eigenvalue weighted by molar-refractivity contribution is 0.445. The molecular formula is C27H30N6O2S. The summed E-state index contributed by atoms with van der Waals surface area (Å²) in [6.45, 7) is 7.83. The average Bonchev–Trinajstić information content (AvgIpc) is 2.80. The van der Waals surface area contributed by atoms with E-state index >= 15 is 0 Å². The van der Waals surface area contributed by atoms with Crippen LogP contribution < -0.4 is 10.2 Å². The maximum Gasteiger partial charge on any atom is 0.163 e. The first-order valence-corrected chi connectivity index (χ1v) is 14.1. The van der Waals surface area contributed by atoms with Gasteiger partial charge in [-0.3, -0.25) is 4.98 Å². The first-order valence-electron chi connectivity index (χ1n) is 12.0. The Bertz CT molecular complexity index is 1530. The molecule has 8 nitrogen and oxygen atoms in total. The van der Waals surface area contributed by atoms with E-state index in [1.165, 1.54) is 11.8 Å². The van der Waals surface area contributed by atoms with E-state index < -0.39 is 9.84 Å². The highest BCUT2D eigenvalue weighted by molar-refractivity contribution is 7.90. The predicted octanol–water partition coefficient (Wildman–Crippen LogP) is 4.74. The van der Waals surface area contributed by atoms with Crippen molar-refractivity contribution in [3.05, 3.63) is 66.2 Å². The fourth-order valence-corrected chi connectivity index (χ4v) is 5.84. The molecule has 5 rings (SSSR count). The normalized spacial score (nSPS) is 14.3. The lowest BCUT2D eigenvalue weighted by Gasteiger charge is -2.41. The number of hydrogen-bond acceptors (Lipinski definition) is 8. The van der Waals surface area contributed by atoms with Crippen LogP contribution in [-0.4, -0.2) is 53.5 Å². The van der Waals surface area contributed by atoms with Crippen molar-refractivity contribution >= 4 is 37.9 Å². The third-order valence-corrected chi connectivity index (χ3v) is 7.49. The largest absolute Gasteiger partial charge is 0.370 e. The molecule has 0 radical (unpaired) electrons. The number of rotatable bonds is 7. The molecule has 0 bridgehead atoms. The summed E-state index contributed by atoms with van der Waals surface area (Å²) >= 11 is 0. The molecule has 4 aromatic rings. The molecule has 0 atom stereocenters. The monoisotopic (exact) mass is 502 g/mol. The van der Waals surface area contributed by atoms with Crippen LogP contribution >= 0.6 is 0 Å². The molecule has 0 unspecified atom stereocenters. The molecule has 0 saturated carbocycles. The second kappa shape index (κ2) is 9.46. The molecule has 186 valence electrons. The zero-order valence-electron chi connectivity index (χ0n) is 20.9. The molecule has 1 aromatic carbocycles. The van der Waals surface area contributed by atoms with Crippen molar-refractivity contribution in [2.45, 2.75) is 26.7 Å². The minimum atomic E-state index is -2.97. The zero-order valence-corrected chi connectivity index (χ0v) is 21.7. The maximum atomic E-state index is 11.7. The van der Waals surface area contributed by atoms with Crippen LogP contribution in [0.5, 0.6) is 0 Å². The van der Waals surface area contributed by atoms with Gasteiger partial charge < -0.3 is 10.2 Å². The van der Waals surface area contributed by atoms with Crippen LogP contribution in [0.3, 0.4) is 0 Å². The number of pyridine rings is 2. The predicted molar refractivity (Wildman–Crippen MR) is 145 cm³/mol. The molecule has 0 spiro atoms. The Labute approximate surface area is 211 Å². The standard InChI is InChI=1S/C27H30N6O2S/c1-17(2)21-5-6-24(33-14-19(15-33)16-36(4,34)35)23-13-30-26(10-22(21)23)31-25-7-8-29-27(32-25)20-9-18(3)11-28-12-20/h5-13,17,19H,14-16H2,1-4H3,(H,29,30,31,32). The molecule has 1 fully saturated rings. The van der Waals surface area contributed by atoms with Gasteiger partial charge in [-0.25, -0.2) is 23.4 Å². The smallest absolute Gasteiger partial charge is 0.163 e. The quantitative estimate of drug-likeness (QED) is 0.387. The van der Waals surface area contributed by atoms with Gasteiger partial charge in [0.25, 0.3) is 0 Å². The Kier molecular flexibility index (Phi) is 6.34. The minimum absolute atomic E-state index is 0.171. The van der Waals surface area contributed by atoms with Crippen molar-refractivity contribution in [3.63, 3.8) is 0 Å². The van der Waals surface area contributed by atoms with Crippen LogP contribution in [0.15, 0.2) is 55.1 Å². The first-order chi connectivity index (χ1) is 17.2. The summed E-state index contributed by atoms with van der Waals surface area (Å²) in [4.78, 5) is 20.2. The summed E-state index contributed by atoms with van der Waals surface area (Å²) in [5.41, 5.74) is 4.24. The summed E-state index contributed by atoms with van der Waals surface area (Å²) in [5, 5.41) is 5.53. The number of hydrogen-bond donors (Lipinski definition) is 1. The number of benzene rings is 1. The average molecular weight is 503 g/mol. The van der Waals surface area contributed by atoms with E-state index in [0.29, 0.717) is 23.4 Å². The van der Waals surface area contributed by atoms with Crippen molar-refractivity contribution in [1.82, 2.24) is 19.9 Å². The van der Waals surface area contributed by atoms with Gasteiger partial charge in [-0.05, 0) is 53.6 Å². The van der Waals surface area contributed by atoms with Crippen molar-refractivity contribution in [2.75, 3.05) is 35.3 Å². The fourth-order valence-electron chi connectivity index (χ4n) is 4.77. The van der Waals surface area contributed by atoms with Crippen molar-refractivity contribution < 1.29 is 8.42 Å². The van der Waals surface area contributed by atoms with E-state index in [1.54, 1.807) is 18.6 Å². The van der Waals surface area contributed by atoms with Gasteiger partial charge >= 0.3 is 0 Å². The van der Waals surface area contributed by atoms with E-state index in [-0.39, 0.29) is 11.7 Å². The highest BCUT2D eigenvalue weighted by Gasteiger charge is 2.31. The van der Waals surface area contributed by atoms with Gasteiger partial charge in [-0.15, -0.1) is 0 Å². The molecule has 1 N–H and O–H groups in total. The number of aromatic nitrogens is 4. The molecule has 0 amide bonds. The minimum Gasteiger partial charge on any atom is -0.370 e. The third-order valence-electron chi connectivity index (χ3n) is 6.41. The molecule has 1 aliphatic heterocycles. The summed E-state index contributed by atoms with van der Waals surface area (Å²) in [5.74, 6) is 2.70. The number of fused-ring (bicyclic) bond motifs is 1. The molecular weight excluding hydrogens is 472 g/mol.